The molecule has 0 saturated carbocycles. The van der Waals surface area contributed by atoms with Crippen molar-refractivity contribution in [3.8, 4) is 5.75 Å². The molecule has 2 atom stereocenters. The zero-order valence-electron chi connectivity index (χ0n) is 12.0. The molecule has 0 radical (unpaired) electrons. The molecule has 1 amide bonds. The van der Waals surface area contributed by atoms with Gasteiger partial charge in [-0.1, -0.05) is 23.9 Å². The molecule has 0 aliphatic carbocycles. The lowest BCUT2D eigenvalue weighted by Gasteiger charge is -2.35. The molecule has 0 bridgehead atoms. The molecule has 7 nitrogen and oxygen atoms in total. The third-order valence-electron chi connectivity index (χ3n) is 2.85. The SMILES string of the molecule is C[C@H](SC1(C)OC(=O)c2ccccc2O1)C(=O)NCC(=O)O. The van der Waals surface area contributed by atoms with Crippen molar-refractivity contribution in [3.63, 3.8) is 0 Å². The number of aliphatic carboxylic acids is 1. The zero-order chi connectivity index (χ0) is 16.3. The average Bonchev–Trinajstić information content (AvgIpc) is 2.44. The molecule has 8 heteroatoms. The molecular weight excluding hydrogens is 310 g/mol. The predicted molar refractivity (Wildman–Crippen MR) is 78.6 cm³/mol. The van der Waals surface area contributed by atoms with Gasteiger partial charge in [-0.15, -0.1) is 0 Å². The van der Waals surface area contributed by atoms with Crippen LogP contribution < -0.4 is 10.1 Å². The van der Waals surface area contributed by atoms with Gasteiger partial charge in [0, 0.05) is 6.92 Å². The molecule has 2 N–H and O–H groups in total. The number of thioether (sulfide) groups is 1. The number of hydrogen-bond donors (Lipinski definition) is 2. The Kier molecular flexibility index (Phi) is 4.60. The molecular formula is C14H15NO6S. The maximum absolute atomic E-state index is 12.0. The summed E-state index contributed by atoms with van der Waals surface area (Å²) < 4.78 is 10.9. The quantitative estimate of drug-likeness (QED) is 0.785. The van der Waals surface area contributed by atoms with Gasteiger partial charge in [-0.25, -0.2) is 4.79 Å². The fraction of sp³-hybridized carbons (Fsp3) is 0.357. The van der Waals surface area contributed by atoms with E-state index >= 15 is 0 Å². The number of nitrogens with one attached hydrogen (secondary N) is 1. The summed E-state index contributed by atoms with van der Waals surface area (Å²) in [4.78, 5) is 34.2. The van der Waals surface area contributed by atoms with E-state index in [1.165, 1.54) is 6.92 Å². The van der Waals surface area contributed by atoms with Crippen LogP contribution in [0.2, 0.25) is 0 Å². The Bertz CT molecular complexity index is 619. The Morgan fingerprint density at radius 1 is 1.36 bits per heavy atom. The molecule has 118 valence electrons. The van der Waals surface area contributed by atoms with Crippen molar-refractivity contribution < 1.29 is 29.0 Å². The first-order valence-electron chi connectivity index (χ1n) is 6.49. The van der Waals surface area contributed by atoms with Crippen LogP contribution in [0.15, 0.2) is 24.3 Å². The minimum atomic E-state index is -1.36. The van der Waals surface area contributed by atoms with Crippen LogP contribution >= 0.6 is 11.8 Å². The second-order valence-electron chi connectivity index (χ2n) is 4.72. The Balaban J connectivity index is 2.05. The van der Waals surface area contributed by atoms with E-state index in [0.29, 0.717) is 11.3 Å². The first-order valence-corrected chi connectivity index (χ1v) is 7.37. The van der Waals surface area contributed by atoms with Gasteiger partial charge in [0.15, 0.2) is 0 Å². The summed E-state index contributed by atoms with van der Waals surface area (Å²) >= 11 is 0.980. The van der Waals surface area contributed by atoms with Crippen molar-refractivity contribution in [2.75, 3.05) is 6.54 Å². The summed E-state index contributed by atoms with van der Waals surface area (Å²) in [6.07, 6.45) is 0. The van der Waals surface area contributed by atoms with Crippen LogP contribution in [0.5, 0.6) is 5.75 Å². The van der Waals surface area contributed by atoms with Crippen LogP contribution in [-0.4, -0.2) is 39.9 Å². The molecule has 0 aromatic heterocycles. The summed E-state index contributed by atoms with van der Waals surface area (Å²) in [5, 5.41) is 8.79. The monoisotopic (exact) mass is 325 g/mol. The highest BCUT2D eigenvalue weighted by Crippen LogP contribution is 2.39. The zero-order valence-corrected chi connectivity index (χ0v) is 12.8. The predicted octanol–water partition coefficient (Wildman–Crippen LogP) is 1.23. The summed E-state index contributed by atoms with van der Waals surface area (Å²) in [6.45, 7) is 2.64. The second kappa shape index (κ2) is 6.27. The maximum Gasteiger partial charge on any atom is 0.345 e. The third-order valence-corrected chi connectivity index (χ3v) is 4.02. The van der Waals surface area contributed by atoms with E-state index in [0.717, 1.165) is 11.8 Å². The molecule has 1 unspecified atom stereocenters. The Labute approximate surface area is 131 Å². The number of rotatable bonds is 5. The first-order chi connectivity index (χ1) is 10.3. The number of carbonyl (C=O) groups excluding carboxylic acids is 2. The van der Waals surface area contributed by atoms with Crippen molar-refractivity contribution in [1.82, 2.24) is 5.32 Å². The van der Waals surface area contributed by atoms with Crippen LogP contribution in [0.4, 0.5) is 0 Å². The van der Waals surface area contributed by atoms with Crippen molar-refractivity contribution in [1.29, 1.82) is 0 Å². The van der Waals surface area contributed by atoms with Crippen LogP contribution in [-0.2, 0) is 14.3 Å². The molecule has 2 rings (SSSR count). The molecule has 0 fully saturated rings. The number of fused-ring (bicyclic) bond motifs is 1. The van der Waals surface area contributed by atoms with Gasteiger partial charge in [0.25, 0.3) is 0 Å². The van der Waals surface area contributed by atoms with Gasteiger partial charge in [0.05, 0.1) is 5.25 Å². The third kappa shape index (κ3) is 3.70. The van der Waals surface area contributed by atoms with Crippen LogP contribution in [0.1, 0.15) is 24.2 Å². The maximum atomic E-state index is 12.0. The van der Waals surface area contributed by atoms with E-state index < -0.39 is 34.8 Å². The lowest BCUT2D eigenvalue weighted by Crippen LogP contribution is -2.43. The molecule has 1 aliphatic heterocycles. The van der Waals surface area contributed by atoms with Crippen molar-refractivity contribution in [3.05, 3.63) is 29.8 Å². The lowest BCUT2D eigenvalue weighted by atomic mass is 10.2. The van der Waals surface area contributed by atoms with Gasteiger partial charge < -0.3 is 19.9 Å². The Morgan fingerprint density at radius 3 is 2.73 bits per heavy atom. The number of cyclic esters (lactones) is 1. The fourth-order valence-corrected chi connectivity index (χ4v) is 2.99. The fourth-order valence-electron chi connectivity index (χ4n) is 1.90. The highest BCUT2D eigenvalue weighted by atomic mass is 32.2. The first kappa shape index (κ1) is 16.2. The van der Waals surface area contributed by atoms with Gasteiger partial charge in [-0.3, -0.25) is 9.59 Å². The Hall–Kier alpha value is -2.22. The van der Waals surface area contributed by atoms with Gasteiger partial charge in [-0.2, -0.15) is 0 Å². The minimum Gasteiger partial charge on any atom is -0.480 e. The van der Waals surface area contributed by atoms with E-state index in [1.54, 1.807) is 31.2 Å². The number of benzene rings is 1. The Morgan fingerprint density at radius 2 is 2.05 bits per heavy atom. The van der Waals surface area contributed by atoms with E-state index in [1.807, 2.05) is 0 Å². The average molecular weight is 325 g/mol. The van der Waals surface area contributed by atoms with Crippen LogP contribution in [0.3, 0.4) is 0 Å². The summed E-state index contributed by atoms with van der Waals surface area (Å²) in [5.74, 6) is -1.76. The smallest absolute Gasteiger partial charge is 0.345 e. The van der Waals surface area contributed by atoms with Crippen molar-refractivity contribution in [2.24, 2.45) is 0 Å². The number of carbonyl (C=O) groups is 3. The molecule has 1 heterocycles. The van der Waals surface area contributed by atoms with Gasteiger partial charge >= 0.3 is 17.1 Å². The van der Waals surface area contributed by atoms with Gasteiger partial charge in [0.2, 0.25) is 5.91 Å². The number of carboxylic acid groups (broad SMARTS) is 1. The number of amides is 1. The van der Waals surface area contributed by atoms with Crippen molar-refractivity contribution >= 4 is 29.6 Å². The van der Waals surface area contributed by atoms with E-state index in [4.69, 9.17) is 14.6 Å². The summed E-state index contributed by atoms with van der Waals surface area (Å²) in [5.41, 5.74) is 0.323. The van der Waals surface area contributed by atoms with E-state index in [-0.39, 0.29) is 0 Å². The highest BCUT2D eigenvalue weighted by Gasteiger charge is 2.41. The van der Waals surface area contributed by atoms with Gasteiger partial charge in [0.1, 0.15) is 17.9 Å². The van der Waals surface area contributed by atoms with Crippen LogP contribution in [0.25, 0.3) is 0 Å². The van der Waals surface area contributed by atoms with E-state index in [2.05, 4.69) is 5.32 Å². The second-order valence-corrected chi connectivity index (χ2v) is 6.41. The standard InChI is InChI=1S/C14H15NO6S/c1-8(12(18)15-7-11(16)17)22-14(2)20-10-6-4-3-5-9(10)13(19)21-14/h3-6,8H,7H2,1-2H3,(H,15,18)(H,16,17)/t8-,14?/m0/s1. The largest absolute Gasteiger partial charge is 0.480 e. The van der Waals surface area contributed by atoms with E-state index in [9.17, 15) is 14.4 Å². The lowest BCUT2D eigenvalue weighted by molar-refractivity contribution is -0.137. The van der Waals surface area contributed by atoms with Crippen LogP contribution in [0, 0.1) is 0 Å². The number of esters is 1. The molecule has 22 heavy (non-hydrogen) atoms. The normalized spacial score (nSPS) is 21.1. The number of hydrogen-bond acceptors (Lipinski definition) is 6. The molecule has 1 aliphatic rings. The number of ether oxygens (including phenoxy) is 2. The molecule has 0 saturated heterocycles. The minimum absolute atomic E-state index is 0.323. The number of para-hydroxylation sites is 1. The highest BCUT2D eigenvalue weighted by molar-refractivity contribution is 8.01. The number of carboxylic acids is 1. The summed E-state index contributed by atoms with van der Waals surface area (Å²) in [7, 11) is 0. The van der Waals surface area contributed by atoms with Gasteiger partial charge in [-0.05, 0) is 19.1 Å². The molecule has 0 spiro atoms. The molecule has 1 aromatic rings. The summed E-state index contributed by atoms with van der Waals surface area (Å²) in [6, 6.07) is 6.65. The van der Waals surface area contributed by atoms with Crippen molar-refractivity contribution in [2.45, 2.75) is 24.2 Å². The molecule has 1 aromatic carbocycles. The topological polar surface area (TPSA) is 102 Å².